The number of nitrogens with zero attached hydrogens (tertiary/aromatic N) is 4. The van der Waals surface area contributed by atoms with Crippen molar-refractivity contribution in [1.82, 2.24) is 15.0 Å². The van der Waals surface area contributed by atoms with Crippen molar-refractivity contribution in [3.05, 3.63) is 88.7 Å². The van der Waals surface area contributed by atoms with Gasteiger partial charge in [-0.05, 0) is 36.4 Å². The molecule has 38 heavy (non-hydrogen) atoms. The van der Waals surface area contributed by atoms with Gasteiger partial charge in [-0.15, -0.1) is 0 Å². The predicted octanol–water partition coefficient (Wildman–Crippen LogP) is 4.68. The largest absolute Gasteiger partial charge is 0.455 e. The monoisotopic (exact) mass is 528 g/mol. The zero-order valence-electron chi connectivity index (χ0n) is 21.2. The first-order chi connectivity index (χ1) is 18.5. The lowest BCUT2D eigenvalue weighted by Crippen LogP contribution is -2.41. The molecule has 4 heterocycles. The SMILES string of the molecule is CN(C)c1cnc(CNc2ccc3c(c2)Sc2cccc(C4CN(c5ccc[nH]c5=O)CCO4)c2O3)cn1. The molecule has 1 unspecified atom stereocenters. The molecule has 2 aliphatic rings. The van der Waals surface area contributed by atoms with E-state index in [0.29, 0.717) is 31.9 Å². The fraction of sp³-hybridized carbons (Fsp3) is 0.250. The first-order valence-corrected chi connectivity index (χ1v) is 13.3. The summed E-state index contributed by atoms with van der Waals surface area (Å²) in [7, 11) is 3.89. The van der Waals surface area contributed by atoms with Gasteiger partial charge in [-0.25, -0.2) is 4.98 Å². The molecule has 1 saturated heterocycles. The Labute approximate surface area is 224 Å². The molecule has 0 bridgehead atoms. The number of aromatic nitrogens is 3. The molecule has 1 fully saturated rings. The zero-order chi connectivity index (χ0) is 26.1. The molecule has 2 aromatic heterocycles. The van der Waals surface area contributed by atoms with E-state index in [4.69, 9.17) is 9.47 Å². The van der Waals surface area contributed by atoms with Crippen LogP contribution in [-0.2, 0) is 11.3 Å². The van der Waals surface area contributed by atoms with Gasteiger partial charge in [0.2, 0.25) is 0 Å². The Hall–Kier alpha value is -4.02. The highest BCUT2D eigenvalue weighted by atomic mass is 32.2. The Kier molecular flexibility index (Phi) is 6.65. The fourth-order valence-corrected chi connectivity index (χ4v) is 5.60. The number of para-hydroxylation sites is 1. The Morgan fingerprint density at radius 1 is 1.13 bits per heavy atom. The number of ether oxygens (including phenoxy) is 2. The van der Waals surface area contributed by atoms with Crippen molar-refractivity contribution < 1.29 is 9.47 Å². The van der Waals surface area contributed by atoms with Crippen LogP contribution in [0.4, 0.5) is 17.2 Å². The molecule has 0 radical (unpaired) electrons. The summed E-state index contributed by atoms with van der Waals surface area (Å²) in [4.78, 5) is 30.1. The van der Waals surface area contributed by atoms with Crippen molar-refractivity contribution in [2.75, 3.05) is 48.9 Å². The van der Waals surface area contributed by atoms with Gasteiger partial charge in [0.1, 0.15) is 29.1 Å². The molecule has 0 spiro atoms. The molecule has 4 aromatic rings. The third kappa shape index (κ3) is 4.92. The number of H-pyrrole nitrogens is 1. The molecular weight excluding hydrogens is 500 g/mol. The predicted molar refractivity (Wildman–Crippen MR) is 149 cm³/mol. The van der Waals surface area contributed by atoms with E-state index < -0.39 is 0 Å². The first-order valence-electron chi connectivity index (χ1n) is 12.4. The quantitative estimate of drug-likeness (QED) is 0.326. The van der Waals surface area contributed by atoms with Gasteiger partial charge in [-0.2, -0.15) is 0 Å². The van der Waals surface area contributed by atoms with Gasteiger partial charge in [0.25, 0.3) is 5.56 Å². The van der Waals surface area contributed by atoms with Gasteiger partial charge in [0.05, 0.1) is 41.0 Å². The van der Waals surface area contributed by atoms with Gasteiger partial charge < -0.3 is 29.6 Å². The maximum atomic E-state index is 12.3. The van der Waals surface area contributed by atoms with Crippen LogP contribution in [0.3, 0.4) is 0 Å². The van der Waals surface area contributed by atoms with Crippen molar-refractivity contribution in [3.63, 3.8) is 0 Å². The van der Waals surface area contributed by atoms with Crippen LogP contribution in [0.2, 0.25) is 0 Å². The number of anilines is 3. The van der Waals surface area contributed by atoms with Crippen molar-refractivity contribution >= 4 is 29.0 Å². The summed E-state index contributed by atoms with van der Waals surface area (Å²) >= 11 is 1.68. The lowest BCUT2D eigenvalue weighted by molar-refractivity contribution is 0.0382. The second-order valence-electron chi connectivity index (χ2n) is 9.34. The average Bonchev–Trinajstić information content (AvgIpc) is 2.95. The van der Waals surface area contributed by atoms with Crippen LogP contribution in [0.25, 0.3) is 0 Å². The maximum absolute atomic E-state index is 12.3. The highest BCUT2D eigenvalue weighted by Crippen LogP contribution is 2.50. The van der Waals surface area contributed by atoms with Crippen molar-refractivity contribution in [2.45, 2.75) is 22.4 Å². The highest BCUT2D eigenvalue weighted by molar-refractivity contribution is 7.99. The topological polar surface area (TPSA) is 95.6 Å². The van der Waals surface area contributed by atoms with Crippen LogP contribution in [0, 0.1) is 0 Å². The van der Waals surface area contributed by atoms with Crippen molar-refractivity contribution in [1.29, 1.82) is 0 Å². The molecule has 6 rings (SSSR count). The number of benzene rings is 2. The summed E-state index contributed by atoms with van der Waals surface area (Å²) in [5, 5.41) is 3.43. The number of aromatic amines is 1. The Bertz CT molecular complexity index is 1510. The van der Waals surface area contributed by atoms with Crippen LogP contribution in [0.5, 0.6) is 11.5 Å². The molecule has 2 aliphatic heterocycles. The Morgan fingerprint density at radius 3 is 2.87 bits per heavy atom. The van der Waals surface area contributed by atoms with Crippen LogP contribution in [0.1, 0.15) is 17.4 Å². The summed E-state index contributed by atoms with van der Waals surface area (Å²) < 4.78 is 12.6. The van der Waals surface area contributed by atoms with Crippen molar-refractivity contribution in [3.8, 4) is 11.5 Å². The number of morpholine rings is 1. The highest BCUT2D eigenvalue weighted by Gasteiger charge is 2.29. The minimum atomic E-state index is -0.207. The van der Waals surface area contributed by atoms with Crippen LogP contribution >= 0.6 is 11.8 Å². The van der Waals surface area contributed by atoms with E-state index in [1.54, 1.807) is 30.4 Å². The van der Waals surface area contributed by atoms with Gasteiger partial charge in [0.15, 0.2) is 0 Å². The van der Waals surface area contributed by atoms with E-state index in [1.807, 2.05) is 55.4 Å². The zero-order valence-corrected chi connectivity index (χ0v) is 22.0. The van der Waals surface area contributed by atoms with E-state index in [-0.39, 0.29) is 11.7 Å². The summed E-state index contributed by atoms with van der Waals surface area (Å²) in [5.41, 5.74) is 3.40. The van der Waals surface area contributed by atoms with Crippen LogP contribution in [-0.4, -0.2) is 48.7 Å². The summed E-state index contributed by atoms with van der Waals surface area (Å²) in [6.07, 6.45) is 5.01. The third-order valence-corrected chi connectivity index (χ3v) is 7.64. The molecule has 0 aliphatic carbocycles. The summed E-state index contributed by atoms with van der Waals surface area (Å²) in [5.74, 6) is 2.45. The number of hydrogen-bond acceptors (Lipinski definition) is 9. The minimum absolute atomic E-state index is 0.0917. The molecule has 2 aromatic carbocycles. The molecule has 10 heteroatoms. The minimum Gasteiger partial charge on any atom is -0.455 e. The molecule has 1 atom stereocenters. The van der Waals surface area contributed by atoms with Gasteiger partial charge in [-0.1, -0.05) is 23.9 Å². The van der Waals surface area contributed by atoms with E-state index in [9.17, 15) is 4.79 Å². The maximum Gasteiger partial charge on any atom is 0.271 e. The second-order valence-corrected chi connectivity index (χ2v) is 10.4. The molecular formula is C28H28N6O3S. The summed E-state index contributed by atoms with van der Waals surface area (Å²) in [6, 6.07) is 15.9. The van der Waals surface area contributed by atoms with Gasteiger partial charge in [0, 0.05) is 44.6 Å². The molecule has 0 saturated carbocycles. The number of rotatable bonds is 6. The van der Waals surface area contributed by atoms with Crippen LogP contribution < -0.4 is 25.4 Å². The summed E-state index contributed by atoms with van der Waals surface area (Å²) in [6.45, 7) is 2.35. The first kappa shape index (κ1) is 24.3. The molecule has 2 N–H and O–H groups in total. The Morgan fingerprint density at radius 2 is 2.05 bits per heavy atom. The van der Waals surface area contributed by atoms with Gasteiger partial charge >= 0.3 is 0 Å². The standard InChI is InChI=1S/C28H28N6O3S/c1-33(2)26-16-31-19(15-32-26)14-30-18-8-9-22-25(13-18)38-24-7-3-5-20(27(24)37-22)23-17-34(11-12-36-23)21-6-4-10-29-28(21)35/h3-10,13,15-16,23,30H,11-12,14,17H2,1-2H3,(H,29,35). The normalized spacial score (nSPS) is 16.3. The number of fused-ring (bicyclic) bond motifs is 2. The number of pyridine rings is 1. The second kappa shape index (κ2) is 10.4. The van der Waals surface area contributed by atoms with E-state index in [1.165, 1.54) is 0 Å². The number of nitrogens with one attached hydrogen (secondary N) is 2. The average molecular weight is 529 g/mol. The third-order valence-electron chi connectivity index (χ3n) is 6.56. The molecule has 9 nitrogen and oxygen atoms in total. The fourth-order valence-electron chi connectivity index (χ4n) is 4.57. The number of hydrogen-bond donors (Lipinski definition) is 2. The van der Waals surface area contributed by atoms with Gasteiger partial charge in [-0.3, -0.25) is 9.78 Å². The van der Waals surface area contributed by atoms with Crippen LogP contribution in [0.15, 0.2) is 81.7 Å². The van der Waals surface area contributed by atoms with Crippen molar-refractivity contribution in [2.24, 2.45) is 0 Å². The lowest BCUT2D eigenvalue weighted by Gasteiger charge is -2.35. The lowest BCUT2D eigenvalue weighted by atomic mass is 10.1. The van der Waals surface area contributed by atoms with E-state index in [2.05, 4.69) is 37.3 Å². The molecule has 194 valence electrons. The van der Waals surface area contributed by atoms with E-state index in [0.717, 1.165) is 44.1 Å². The molecule has 0 amide bonds. The van der Waals surface area contributed by atoms with E-state index >= 15 is 0 Å². The smallest absolute Gasteiger partial charge is 0.271 e. The Balaban J connectivity index is 1.18.